The number of hydrogen-bond acceptors (Lipinski definition) is 4. The number of rotatable bonds is 3. The molecule has 1 rings (SSSR count). The summed E-state index contributed by atoms with van der Waals surface area (Å²) in [6.07, 6.45) is 2.01. The fraction of sp³-hybridized carbons (Fsp3) is 0.778. The molecule has 1 aliphatic heterocycles. The molecule has 0 aromatic carbocycles. The zero-order valence-corrected chi connectivity index (χ0v) is 15.9. The number of carbonyl (C=O) groups is 2. The first-order valence-electron chi connectivity index (χ1n) is 8.40. The van der Waals surface area contributed by atoms with Crippen molar-refractivity contribution in [1.82, 2.24) is 4.90 Å². The van der Waals surface area contributed by atoms with Gasteiger partial charge in [-0.2, -0.15) is 4.39 Å². The molecule has 1 atom stereocenters. The van der Waals surface area contributed by atoms with Gasteiger partial charge in [0.2, 0.25) is 5.83 Å². The zero-order valence-electron chi connectivity index (χ0n) is 15.9. The lowest BCUT2D eigenvalue weighted by Crippen LogP contribution is -2.55. The molecule has 0 saturated carbocycles. The Morgan fingerprint density at radius 2 is 1.79 bits per heavy atom. The molecular formula is C18H30FNO4. The highest BCUT2D eigenvalue weighted by molar-refractivity contribution is 5.86. The fourth-order valence-corrected chi connectivity index (χ4v) is 3.03. The lowest BCUT2D eigenvalue weighted by molar-refractivity contribution is -0.140. The molecule has 1 heterocycles. The molecule has 0 radical (unpaired) electrons. The number of ether oxygens (including phenoxy) is 2. The number of halogens is 1. The molecule has 0 N–H and O–H groups in total. The Bertz CT molecular complexity index is 516. The summed E-state index contributed by atoms with van der Waals surface area (Å²) in [6, 6.07) is 0. The largest absolute Gasteiger partial charge is 0.461 e. The second-order valence-corrected chi connectivity index (χ2v) is 8.12. The third-order valence-corrected chi connectivity index (χ3v) is 4.17. The van der Waals surface area contributed by atoms with Gasteiger partial charge in [0.1, 0.15) is 5.60 Å². The second-order valence-electron chi connectivity index (χ2n) is 8.12. The topological polar surface area (TPSA) is 55.8 Å². The van der Waals surface area contributed by atoms with Crippen LogP contribution in [-0.2, 0) is 14.3 Å². The van der Waals surface area contributed by atoms with Crippen molar-refractivity contribution in [2.45, 2.75) is 72.4 Å². The molecule has 1 amide bonds. The number of carbonyl (C=O) groups excluding carboxylic acids is 2. The van der Waals surface area contributed by atoms with Gasteiger partial charge in [-0.25, -0.2) is 9.59 Å². The van der Waals surface area contributed by atoms with Gasteiger partial charge in [0.05, 0.1) is 12.1 Å². The quantitative estimate of drug-likeness (QED) is 0.569. The number of esters is 1. The van der Waals surface area contributed by atoms with Crippen molar-refractivity contribution in [1.29, 1.82) is 0 Å². The van der Waals surface area contributed by atoms with Crippen LogP contribution < -0.4 is 0 Å². The first-order chi connectivity index (χ1) is 10.8. The molecule has 0 bridgehead atoms. The molecule has 1 fully saturated rings. The van der Waals surface area contributed by atoms with E-state index in [-0.39, 0.29) is 6.61 Å². The highest BCUT2D eigenvalue weighted by Gasteiger charge is 2.52. The Morgan fingerprint density at radius 1 is 1.21 bits per heavy atom. The van der Waals surface area contributed by atoms with E-state index in [4.69, 9.17) is 9.47 Å². The van der Waals surface area contributed by atoms with Gasteiger partial charge in [-0.3, -0.25) is 4.90 Å². The summed E-state index contributed by atoms with van der Waals surface area (Å²) >= 11 is 0. The maximum absolute atomic E-state index is 14.4. The summed E-state index contributed by atoms with van der Waals surface area (Å²) in [4.78, 5) is 25.9. The molecule has 0 aliphatic carbocycles. The van der Waals surface area contributed by atoms with E-state index in [0.29, 0.717) is 19.4 Å². The summed E-state index contributed by atoms with van der Waals surface area (Å²) in [5, 5.41) is 0. The van der Waals surface area contributed by atoms with Crippen LogP contribution in [0.2, 0.25) is 0 Å². The van der Waals surface area contributed by atoms with Gasteiger partial charge in [-0.05, 0) is 52.0 Å². The molecule has 0 aromatic heterocycles. The third kappa shape index (κ3) is 4.48. The van der Waals surface area contributed by atoms with Crippen molar-refractivity contribution in [2.75, 3.05) is 13.2 Å². The van der Waals surface area contributed by atoms with Gasteiger partial charge in [-0.15, -0.1) is 0 Å². The monoisotopic (exact) mass is 343 g/mol. The van der Waals surface area contributed by atoms with E-state index in [1.807, 2.05) is 20.8 Å². The normalized spacial score (nSPS) is 22.5. The Hall–Kier alpha value is -1.59. The third-order valence-electron chi connectivity index (χ3n) is 4.17. The Labute approximate surface area is 144 Å². The van der Waals surface area contributed by atoms with Crippen LogP contribution in [0.4, 0.5) is 9.18 Å². The summed E-state index contributed by atoms with van der Waals surface area (Å²) < 4.78 is 24.6. The maximum Gasteiger partial charge on any atom is 0.411 e. The van der Waals surface area contributed by atoms with Crippen molar-refractivity contribution in [3.8, 4) is 0 Å². The number of amides is 1. The molecule has 6 heteroatoms. The van der Waals surface area contributed by atoms with Crippen LogP contribution in [0.25, 0.3) is 0 Å². The molecule has 0 aromatic rings. The second kappa shape index (κ2) is 7.11. The zero-order chi connectivity index (χ0) is 18.8. The van der Waals surface area contributed by atoms with Crippen LogP contribution in [0.5, 0.6) is 0 Å². The lowest BCUT2D eigenvalue weighted by atomic mass is 9.71. The van der Waals surface area contributed by atoms with Gasteiger partial charge < -0.3 is 9.47 Å². The average Bonchev–Trinajstić information content (AvgIpc) is 2.81. The summed E-state index contributed by atoms with van der Waals surface area (Å²) in [5.41, 5.74) is -2.07. The van der Waals surface area contributed by atoms with Crippen LogP contribution in [0.1, 0.15) is 61.3 Å². The van der Waals surface area contributed by atoms with Gasteiger partial charge >= 0.3 is 12.1 Å². The fourth-order valence-electron chi connectivity index (χ4n) is 3.03. The first-order valence-corrected chi connectivity index (χ1v) is 8.40. The predicted molar refractivity (Wildman–Crippen MR) is 90.2 cm³/mol. The molecule has 24 heavy (non-hydrogen) atoms. The van der Waals surface area contributed by atoms with E-state index in [1.54, 1.807) is 27.7 Å². The van der Waals surface area contributed by atoms with E-state index in [0.717, 1.165) is 0 Å². The highest BCUT2D eigenvalue weighted by Crippen LogP contribution is 2.46. The summed E-state index contributed by atoms with van der Waals surface area (Å²) in [7, 11) is 0. The van der Waals surface area contributed by atoms with Gasteiger partial charge in [0.15, 0.2) is 0 Å². The van der Waals surface area contributed by atoms with Crippen LogP contribution >= 0.6 is 0 Å². The van der Waals surface area contributed by atoms with Gasteiger partial charge in [0, 0.05) is 6.54 Å². The Balaban J connectivity index is 3.27. The molecule has 0 spiro atoms. The van der Waals surface area contributed by atoms with Crippen LogP contribution in [0.3, 0.4) is 0 Å². The summed E-state index contributed by atoms with van der Waals surface area (Å²) in [5.74, 6) is -1.97. The van der Waals surface area contributed by atoms with Crippen LogP contribution in [-0.4, -0.2) is 41.3 Å². The molecule has 1 aliphatic rings. The number of hydrogen-bond donors (Lipinski definition) is 0. The number of nitrogens with zero attached hydrogens (tertiary/aromatic N) is 1. The minimum atomic E-state index is -1.00. The van der Waals surface area contributed by atoms with E-state index in [2.05, 4.69) is 0 Å². The van der Waals surface area contributed by atoms with Crippen molar-refractivity contribution < 1.29 is 23.5 Å². The smallest absolute Gasteiger partial charge is 0.411 e. The van der Waals surface area contributed by atoms with Gasteiger partial charge in [0.25, 0.3) is 0 Å². The molecule has 138 valence electrons. The SMILES string of the molecule is CCOC(=O)/C(F)=C/C1(C(C)(C)C)CCCN1C(=O)OC(C)(C)C. The lowest BCUT2D eigenvalue weighted by Gasteiger charge is -2.46. The van der Waals surface area contributed by atoms with E-state index in [9.17, 15) is 14.0 Å². The highest BCUT2D eigenvalue weighted by atomic mass is 19.1. The van der Waals surface area contributed by atoms with Crippen molar-refractivity contribution in [3.63, 3.8) is 0 Å². The Morgan fingerprint density at radius 3 is 2.25 bits per heavy atom. The Kier molecular flexibility index (Phi) is 6.06. The minimum absolute atomic E-state index is 0.0956. The van der Waals surface area contributed by atoms with Crippen LogP contribution in [0, 0.1) is 5.41 Å². The molecule has 5 nitrogen and oxygen atoms in total. The standard InChI is InChI=1S/C18H30FNO4/c1-8-23-14(21)13(19)12-18(16(2,3)4)10-9-11-20(18)15(22)24-17(5,6)7/h12H,8-11H2,1-7H3/b13-12-. The van der Waals surface area contributed by atoms with E-state index < -0.39 is 34.4 Å². The maximum atomic E-state index is 14.4. The number of likely N-dealkylation sites (tertiary alicyclic amines) is 1. The van der Waals surface area contributed by atoms with Gasteiger partial charge in [-0.1, -0.05) is 20.8 Å². The van der Waals surface area contributed by atoms with E-state index in [1.165, 1.54) is 11.0 Å². The minimum Gasteiger partial charge on any atom is -0.461 e. The van der Waals surface area contributed by atoms with Crippen LogP contribution in [0.15, 0.2) is 11.9 Å². The molecule has 1 saturated heterocycles. The summed E-state index contributed by atoms with van der Waals surface area (Å²) in [6.45, 7) is 13.3. The predicted octanol–water partition coefficient (Wildman–Crippen LogP) is 4.22. The van der Waals surface area contributed by atoms with E-state index >= 15 is 0 Å². The average molecular weight is 343 g/mol. The van der Waals surface area contributed by atoms with Crippen molar-refractivity contribution in [2.24, 2.45) is 5.41 Å². The van der Waals surface area contributed by atoms with Crippen molar-refractivity contribution >= 4 is 12.1 Å². The molecular weight excluding hydrogens is 313 g/mol. The van der Waals surface area contributed by atoms with Crippen molar-refractivity contribution in [3.05, 3.63) is 11.9 Å². The molecule has 1 unspecified atom stereocenters. The first kappa shape index (κ1) is 20.5.